The Labute approximate surface area is 174 Å². The van der Waals surface area contributed by atoms with Gasteiger partial charge in [-0.05, 0) is 24.3 Å². The van der Waals surface area contributed by atoms with Gasteiger partial charge in [-0.3, -0.25) is 14.5 Å². The predicted molar refractivity (Wildman–Crippen MR) is 117 cm³/mol. The molecular formula is C21H23BN6O2. The van der Waals surface area contributed by atoms with E-state index in [2.05, 4.69) is 20.5 Å². The van der Waals surface area contributed by atoms with Crippen LogP contribution in [-0.2, 0) is 13.5 Å². The van der Waals surface area contributed by atoms with Crippen LogP contribution in [0.2, 0.25) is 6.82 Å². The Kier molecular flexibility index (Phi) is 5.62. The van der Waals surface area contributed by atoms with Crippen molar-refractivity contribution < 1.29 is 5.02 Å². The summed E-state index contributed by atoms with van der Waals surface area (Å²) in [5, 5.41) is 21.7. The third-order valence-corrected chi connectivity index (χ3v) is 5.01. The van der Waals surface area contributed by atoms with Crippen LogP contribution in [0.15, 0.2) is 70.4 Å². The van der Waals surface area contributed by atoms with Gasteiger partial charge in [-0.25, -0.2) is 4.68 Å². The minimum atomic E-state index is -0.496. The maximum atomic E-state index is 12.4. The Morgan fingerprint density at radius 3 is 2.93 bits per heavy atom. The van der Waals surface area contributed by atoms with Crippen LogP contribution < -0.4 is 10.7 Å². The smallest absolute Gasteiger partial charge is 0.317 e. The van der Waals surface area contributed by atoms with Gasteiger partial charge in [-0.2, -0.15) is 10.2 Å². The number of aryl methyl sites for hydroxylation is 1. The summed E-state index contributed by atoms with van der Waals surface area (Å²) in [5.41, 5.74) is 3.98. The molecule has 0 bridgehead atoms. The monoisotopic (exact) mass is 402 g/mol. The number of benzene rings is 1. The molecule has 152 valence electrons. The largest absolute Gasteiger partial charge is 0.447 e. The summed E-state index contributed by atoms with van der Waals surface area (Å²) in [5.74, 6) is 0.751. The molecular weight excluding hydrogens is 379 g/mol. The third-order valence-electron chi connectivity index (χ3n) is 5.01. The van der Waals surface area contributed by atoms with Gasteiger partial charge in [0.2, 0.25) is 5.43 Å². The van der Waals surface area contributed by atoms with Crippen molar-refractivity contribution in [2.75, 3.05) is 6.54 Å². The molecule has 0 saturated carbocycles. The molecule has 0 atom stereocenters. The number of rotatable bonds is 5. The van der Waals surface area contributed by atoms with Crippen LogP contribution in [-0.4, -0.2) is 43.9 Å². The van der Waals surface area contributed by atoms with Crippen molar-refractivity contribution in [3.8, 4) is 5.69 Å². The molecule has 2 aromatic heterocycles. The highest BCUT2D eigenvalue weighted by Crippen LogP contribution is 2.13. The van der Waals surface area contributed by atoms with Gasteiger partial charge in [0.15, 0.2) is 0 Å². The number of hydrogen-bond donors (Lipinski definition) is 2. The average Bonchev–Trinajstić information content (AvgIpc) is 3.01. The first-order valence-corrected chi connectivity index (χ1v) is 9.85. The van der Waals surface area contributed by atoms with Gasteiger partial charge in [0.1, 0.15) is 17.2 Å². The van der Waals surface area contributed by atoms with Gasteiger partial charge in [0.25, 0.3) is 0 Å². The summed E-state index contributed by atoms with van der Waals surface area (Å²) >= 11 is 0. The molecule has 30 heavy (non-hydrogen) atoms. The van der Waals surface area contributed by atoms with Crippen LogP contribution in [0.4, 0.5) is 0 Å². The van der Waals surface area contributed by atoms with Gasteiger partial charge in [-0.15, -0.1) is 0 Å². The van der Waals surface area contributed by atoms with E-state index in [4.69, 9.17) is 0 Å². The molecule has 0 radical (unpaired) electrons. The first kappa shape index (κ1) is 19.8. The fourth-order valence-corrected chi connectivity index (χ4v) is 3.34. The Bertz CT molecular complexity index is 1180. The van der Waals surface area contributed by atoms with Crippen molar-refractivity contribution in [3.63, 3.8) is 0 Å². The van der Waals surface area contributed by atoms with Crippen LogP contribution in [0.25, 0.3) is 5.69 Å². The topological polar surface area (TPSA) is 97.3 Å². The lowest BCUT2D eigenvalue weighted by Gasteiger charge is -2.09. The SMILES string of the molecule is CB(O)C1=CNC(c2cccc(Cc3nn(-c4cnn(C)c4)ccc3=O)c2)=NCC1. The third kappa shape index (κ3) is 4.41. The van der Waals surface area contributed by atoms with Crippen LogP contribution in [0.3, 0.4) is 0 Å². The maximum absolute atomic E-state index is 12.4. The Morgan fingerprint density at radius 1 is 1.30 bits per heavy atom. The molecule has 0 aliphatic carbocycles. The minimum Gasteiger partial charge on any atom is -0.447 e. The lowest BCUT2D eigenvalue weighted by atomic mass is 9.63. The minimum absolute atomic E-state index is 0.102. The molecule has 3 heterocycles. The Morgan fingerprint density at radius 2 is 2.17 bits per heavy atom. The first-order chi connectivity index (χ1) is 14.5. The number of nitrogens with one attached hydrogen (secondary N) is 1. The number of nitrogens with zero attached hydrogens (tertiary/aromatic N) is 5. The summed E-state index contributed by atoms with van der Waals surface area (Å²) in [6.07, 6.45) is 8.15. The number of amidine groups is 1. The van der Waals surface area contributed by atoms with Crippen molar-refractivity contribution in [1.29, 1.82) is 0 Å². The molecule has 9 heteroatoms. The predicted octanol–water partition coefficient (Wildman–Crippen LogP) is 1.33. The van der Waals surface area contributed by atoms with E-state index in [0.717, 1.165) is 34.5 Å². The molecule has 8 nitrogen and oxygen atoms in total. The number of aliphatic imine (C=N–C) groups is 1. The van der Waals surface area contributed by atoms with E-state index in [1.54, 1.807) is 28.6 Å². The van der Waals surface area contributed by atoms with E-state index in [9.17, 15) is 9.82 Å². The average molecular weight is 402 g/mol. The van der Waals surface area contributed by atoms with Crippen molar-refractivity contribution in [1.82, 2.24) is 24.9 Å². The quantitative estimate of drug-likeness (QED) is 0.628. The summed E-state index contributed by atoms with van der Waals surface area (Å²) in [6, 6.07) is 9.43. The van der Waals surface area contributed by atoms with E-state index in [-0.39, 0.29) is 5.43 Å². The van der Waals surface area contributed by atoms with Gasteiger partial charge >= 0.3 is 6.92 Å². The zero-order valence-corrected chi connectivity index (χ0v) is 17.0. The van der Waals surface area contributed by atoms with Gasteiger partial charge in [-0.1, -0.05) is 30.5 Å². The number of hydrogen-bond acceptors (Lipinski definition) is 6. The van der Waals surface area contributed by atoms with E-state index >= 15 is 0 Å². The Hall–Kier alpha value is -3.46. The molecule has 3 aromatic rings. The molecule has 1 aliphatic rings. The maximum Gasteiger partial charge on any atom is 0.317 e. The zero-order valence-electron chi connectivity index (χ0n) is 17.0. The Balaban J connectivity index is 1.58. The second-order valence-electron chi connectivity index (χ2n) is 7.34. The molecule has 4 rings (SSSR count). The summed E-state index contributed by atoms with van der Waals surface area (Å²) in [7, 11) is 1.84. The second kappa shape index (κ2) is 8.50. The molecule has 2 N–H and O–H groups in total. The van der Waals surface area contributed by atoms with Crippen LogP contribution >= 0.6 is 0 Å². The molecule has 0 spiro atoms. The van der Waals surface area contributed by atoms with Crippen molar-refractivity contribution >= 4 is 12.8 Å². The van der Waals surface area contributed by atoms with E-state index in [1.165, 1.54) is 6.07 Å². The molecule has 1 aliphatic heterocycles. The van der Waals surface area contributed by atoms with Gasteiger partial charge in [0.05, 0.1) is 12.4 Å². The van der Waals surface area contributed by atoms with Crippen LogP contribution in [0.5, 0.6) is 0 Å². The van der Waals surface area contributed by atoms with Gasteiger partial charge in [0, 0.05) is 37.8 Å². The second-order valence-corrected chi connectivity index (χ2v) is 7.34. The first-order valence-electron chi connectivity index (χ1n) is 9.85. The van der Waals surface area contributed by atoms with Crippen molar-refractivity contribution in [3.05, 3.63) is 87.6 Å². The fraction of sp³-hybridized carbons (Fsp3) is 0.238. The standard InChI is InChI=1S/C21H23BN6O2/c1-22(30)17-6-8-23-21(24-12-17)16-5-3-4-15(10-16)11-19-20(29)7-9-28(26-19)18-13-25-27(2)14-18/h3-5,7,9-10,12-14,30H,6,8,11H2,1-2H3,(H,23,24). The lowest BCUT2D eigenvalue weighted by Crippen LogP contribution is -2.20. The number of aromatic nitrogens is 4. The highest BCUT2D eigenvalue weighted by Gasteiger charge is 2.14. The normalized spacial score (nSPS) is 13.8. The molecule has 0 saturated heterocycles. The molecule has 1 aromatic carbocycles. The zero-order chi connectivity index (χ0) is 21.1. The van der Waals surface area contributed by atoms with Crippen LogP contribution in [0.1, 0.15) is 23.2 Å². The highest BCUT2D eigenvalue weighted by molar-refractivity contribution is 6.57. The highest BCUT2D eigenvalue weighted by atomic mass is 16.2. The van der Waals surface area contributed by atoms with E-state index < -0.39 is 6.92 Å². The van der Waals surface area contributed by atoms with Crippen LogP contribution in [0, 0.1) is 0 Å². The summed E-state index contributed by atoms with van der Waals surface area (Å²) < 4.78 is 3.35. The fourth-order valence-electron chi connectivity index (χ4n) is 3.34. The van der Waals surface area contributed by atoms with Crippen molar-refractivity contribution in [2.45, 2.75) is 19.7 Å². The lowest BCUT2D eigenvalue weighted by molar-refractivity contribution is 0.585. The molecule has 0 fully saturated rings. The summed E-state index contributed by atoms with van der Waals surface area (Å²) in [6.45, 7) is 1.87. The van der Waals surface area contributed by atoms with E-state index in [0.29, 0.717) is 18.7 Å². The molecule has 0 unspecified atom stereocenters. The van der Waals surface area contributed by atoms with Crippen molar-refractivity contribution in [2.24, 2.45) is 12.0 Å². The van der Waals surface area contributed by atoms with Gasteiger partial charge < -0.3 is 10.3 Å². The molecule has 0 amide bonds. The summed E-state index contributed by atoms with van der Waals surface area (Å²) in [4.78, 5) is 17.0. The van der Waals surface area contributed by atoms with E-state index in [1.807, 2.05) is 43.7 Å².